The standard InChI is InChI=1S/C20H32N4O3/c1-14(2)12-18-21-17(22-27-18)7-11-24(15(3)25)16-6-5-10-23(13-16)19(26)20(4)8-9-20/h14,16H,5-13H2,1-4H3. The Bertz CT molecular complexity index is 681. The molecule has 1 aromatic heterocycles. The first-order valence-corrected chi connectivity index (χ1v) is 10.2. The van der Waals surface area contributed by atoms with Gasteiger partial charge in [-0.15, -0.1) is 0 Å². The van der Waals surface area contributed by atoms with Gasteiger partial charge in [0.25, 0.3) is 0 Å². The molecule has 2 aliphatic rings. The molecule has 7 nitrogen and oxygen atoms in total. The lowest BCUT2D eigenvalue weighted by Gasteiger charge is -2.40. The topological polar surface area (TPSA) is 79.5 Å². The Labute approximate surface area is 161 Å². The summed E-state index contributed by atoms with van der Waals surface area (Å²) in [6, 6.07) is 0.0737. The number of carbonyl (C=O) groups excluding carboxylic acids is 2. The van der Waals surface area contributed by atoms with Gasteiger partial charge in [0.15, 0.2) is 5.82 Å². The summed E-state index contributed by atoms with van der Waals surface area (Å²) in [5.41, 5.74) is -0.152. The van der Waals surface area contributed by atoms with Crippen molar-refractivity contribution in [2.24, 2.45) is 11.3 Å². The molecular weight excluding hydrogens is 344 g/mol. The van der Waals surface area contributed by atoms with Crippen molar-refractivity contribution in [3.8, 4) is 0 Å². The molecule has 1 saturated carbocycles. The van der Waals surface area contributed by atoms with Gasteiger partial charge in [-0.2, -0.15) is 4.98 Å². The van der Waals surface area contributed by atoms with Crippen LogP contribution < -0.4 is 0 Å². The summed E-state index contributed by atoms with van der Waals surface area (Å²) in [6.07, 6.45) is 5.19. The second-order valence-electron chi connectivity index (χ2n) is 8.77. The fraction of sp³-hybridized carbons (Fsp3) is 0.800. The molecule has 7 heteroatoms. The number of hydrogen-bond donors (Lipinski definition) is 0. The number of hydrogen-bond acceptors (Lipinski definition) is 5. The van der Waals surface area contributed by atoms with E-state index in [9.17, 15) is 9.59 Å². The van der Waals surface area contributed by atoms with Gasteiger partial charge in [0.1, 0.15) is 0 Å². The monoisotopic (exact) mass is 376 g/mol. The van der Waals surface area contributed by atoms with Crippen LogP contribution in [0.5, 0.6) is 0 Å². The van der Waals surface area contributed by atoms with Crippen LogP contribution in [0.3, 0.4) is 0 Å². The smallest absolute Gasteiger partial charge is 0.228 e. The van der Waals surface area contributed by atoms with Crippen molar-refractivity contribution >= 4 is 11.8 Å². The predicted octanol–water partition coefficient (Wildman–Crippen LogP) is 2.45. The van der Waals surface area contributed by atoms with Crippen molar-refractivity contribution in [3.63, 3.8) is 0 Å². The Balaban J connectivity index is 1.58. The van der Waals surface area contributed by atoms with Crippen LogP contribution >= 0.6 is 0 Å². The number of amides is 2. The quantitative estimate of drug-likeness (QED) is 0.730. The SMILES string of the molecule is CC(=O)N(CCc1noc(CC(C)C)n1)C1CCCN(C(=O)C2(C)CC2)C1. The fourth-order valence-corrected chi connectivity index (χ4v) is 3.82. The zero-order valence-electron chi connectivity index (χ0n) is 17.0. The van der Waals surface area contributed by atoms with Crippen LogP contribution in [0.15, 0.2) is 4.52 Å². The summed E-state index contributed by atoms with van der Waals surface area (Å²) < 4.78 is 5.29. The summed E-state index contributed by atoms with van der Waals surface area (Å²) in [6.45, 7) is 9.87. The van der Waals surface area contributed by atoms with Crippen molar-refractivity contribution in [3.05, 3.63) is 11.7 Å². The number of likely N-dealkylation sites (tertiary alicyclic amines) is 1. The molecule has 1 atom stereocenters. The third-order valence-corrected chi connectivity index (χ3v) is 5.71. The lowest BCUT2D eigenvalue weighted by molar-refractivity contribution is -0.142. The Kier molecular flexibility index (Phi) is 5.86. The third-order valence-electron chi connectivity index (χ3n) is 5.71. The van der Waals surface area contributed by atoms with Gasteiger partial charge >= 0.3 is 0 Å². The van der Waals surface area contributed by atoms with E-state index >= 15 is 0 Å². The molecule has 1 aliphatic carbocycles. The Morgan fingerprint density at radius 1 is 1.37 bits per heavy atom. The van der Waals surface area contributed by atoms with Gasteiger partial charge in [-0.1, -0.05) is 25.9 Å². The summed E-state index contributed by atoms with van der Waals surface area (Å²) in [4.78, 5) is 33.2. The zero-order valence-corrected chi connectivity index (χ0v) is 17.0. The van der Waals surface area contributed by atoms with E-state index in [1.54, 1.807) is 6.92 Å². The van der Waals surface area contributed by atoms with Gasteiger partial charge in [-0.25, -0.2) is 0 Å². The maximum Gasteiger partial charge on any atom is 0.228 e. The first kappa shape index (κ1) is 19.8. The average molecular weight is 377 g/mol. The van der Waals surface area contributed by atoms with Gasteiger partial charge in [0.05, 0.1) is 0 Å². The molecule has 1 saturated heterocycles. The number of nitrogens with zero attached hydrogens (tertiary/aromatic N) is 4. The van der Waals surface area contributed by atoms with E-state index in [0.29, 0.717) is 37.1 Å². The average Bonchev–Trinajstić information content (AvgIpc) is 3.21. The van der Waals surface area contributed by atoms with Gasteiger partial charge in [0, 0.05) is 50.9 Å². The molecule has 1 aromatic rings. The van der Waals surface area contributed by atoms with Gasteiger partial charge < -0.3 is 14.3 Å². The molecule has 0 N–H and O–H groups in total. The molecule has 1 unspecified atom stereocenters. The molecule has 2 heterocycles. The van der Waals surface area contributed by atoms with Crippen molar-refractivity contribution in [1.82, 2.24) is 19.9 Å². The highest BCUT2D eigenvalue weighted by atomic mass is 16.5. The molecular formula is C20H32N4O3. The molecule has 1 aliphatic heterocycles. The summed E-state index contributed by atoms with van der Waals surface area (Å²) in [5, 5.41) is 4.04. The Morgan fingerprint density at radius 3 is 2.74 bits per heavy atom. The first-order chi connectivity index (χ1) is 12.8. The normalized spacial score (nSPS) is 21.4. The largest absolute Gasteiger partial charge is 0.340 e. The Hall–Kier alpha value is -1.92. The predicted molar refractivity (Wildman–Crippen MR) is 101 cm³/mol. The van der Waals surface area contributed by atoms with Crippen molar-refractivity contribution < 1.29 is 14.1 Å². The van der Waals surface area contributed by atoms with Crippen LogP contribution in [0, 0.1) is 11.3 Å². The third kappa shape index (κ3) is 4.87. The number of rotatable bonds is 7. The minimum absolute atomic E-state index is 0.0397. The van der Waals surface area contributed by atoms with E-state index in [1.165, 1.54) is 0 Å². The second kappa shape index (κ2) is 7.98. The lowest BCUT2D eigenvalue weighted by Crippen LogP contribution is -2.53. The van der Waals surface area contributed by atoms with Crippen molar-refractivity contribution in [1.29, 1.82) is 0 Å². The van der Waals surface area contributed by atoms with E-state index in [4.69, 9.17) is 4.52 Å². The fourth-order valence-electron chi connectivity index (χ4n) is 3.82. The number of piperidine rings is 1. The van der Waals surface area contributed by atoms with E-state index in [2.05, 4.69) is 24.0 Å². The van der Waals surface area contributed by atoms with Crippen LogP contribution in [-0.4, -0.2) is 57.4 Å². The molecule has 27 heavy (non-hydrogen) atoms. The molecule has 2 fully saturated rings. The van der Waals surface area contributed by atoms with Gasteiger partial charge in [0.2, 0.25) is 17.7 Å². The minimum atomic E-state index is -0.152. The molecule has 0 aromatic carbocycles. The van der Waals surface area contributed by atoms with E-state index in [-0.39, 0.29) is 23.3 Å². The second-order valence-corrected chi connectivity index (χ2v) is 8.77. The summed E-state index contributed by atoms with van der Waals surface area (Å²) >= 11 is 0. The maximum absolute atomic E-state index is 12.7. The van der Waals surface area contributed by atoms with E-state index in [0.717, 1.165) is 38.6 Å². The van der Waals surface area contributed by atoms with Gasteiger partial charge in [-0.3, -0.25) is 9.59 Å². The minimum Gasteiger partial charge on any atom is -0.340 e. The molecule has 0 radical (unpaired) electrons. The molecule has 2 amide bonds. The van der Waals surface area contributed by atoms with Crippen LogP contribution in [-0.2, 0) is 22.4 Å². The zero-order chi connectivity index (χ0) is 19.6. The summed E-state index contributed by atoms with van der Waals surface area (Å²) in [7, 11) is 0. The molecule has 3 rings (SSSR count). The maximum atomic E-state index is 12.7. The van der Waals surface area contributed by atoms with Crippen molar-refractivity contribution in [2.75, 3.05) is 19.6 Å². The van der Waals surface area contributed by atoms with Crippen LogP contribution in [0.2, 0.25) is 0 Å². The molecule has 0 bridgehead atoms. The first-order valence-electron chi connectivity index (χ1n) is 10.2. The number of carbonyl (C=O) groups is 2. The highest BCUT2D eigenvalue weighted by Gasteiger charge is 2.48. The van der Waals surface area contributed by atoms with Crippen molar-refractivity contribution in [2.45, 2.75) is 72.3 Å². The lowest BCUT2D eigenvalue weighted by atomic mass is 10.0. The van der Waals surface area contributed by atoms with Gasteiger partial charge in [-0.05, 0) is 31.6 Å². The van der Waals surface area contributed by atoms with E-state index in [1.807, 2.05) is 16.7 Å². The van der Waals surface area contributed by atoms with Crippen LogP contribution in [0.1, 0.15) is 65.1 Å². The summed E-state index contributed by atoms with van der Waals surface area (Å²) in [5.74, 6) is 2.06. The highest BCUT2D eigenvalue weighted by Crippen LogP contribution is 2.46. The number of aromatic nitrogens is 2. The van der Waals surface area contributed by atoms with E-state index < -0.39 is 0 Å². The van der Waals surface area contributed by atoms with Crippen LogP contribution in [0.25, 0.3) is 0 Å². The highest BCUT2D eigenvalue weighted by molar-refractivity contribution is 5.85. The molecule has 150 valence electrons. The Morgan fingerprint density at radius 2 is 2.11 bits per heavy atom. The molecule has 0 spiro atoms. The van der Waals surface area contributed by atoms with Crippen LogP contribution in [0.4, 0.5) is 0 Å².